The molecule has 30 heavy (non-hydrogen) atoms. The molecular formula is C21H27ClN4O4. The normalized spacial score (nSPS) is 14.9. The fourth-order valence-corrected chi connectivity index (χ4v) is 3.23. The topological polar surface area (TPSA) is 76.9 Å². The van der Waals surface area contributed by atoms with Crippen LogP contribution < -0.4 is 4.74 Å². The average molecular weight is 435 g/mol. The zero-order valence-corrected chi connectivity index (χ0v) is 18.3. The number of benzene rings is 1. The van der Waals surface area contributed by atoms with Gasteiger partial charge in [-0.2, -0.15) is 5.10 Å². The van der Waals surface area contributed by atoms with E-state index in [-0.39, 0.29) is 18.7 Å². The van der Waals surface area contributed by atoms with E-state index < -0.39 is 5.60 Å². The SMILES string of the molecule is CC(C)(C)OC(=O)N1CCCN(C(=O)c2ccn(COc3ccccc3Cl)n2)CC1. The summed E-state index contributed by atoms with van der Waals surface area (Å²) in [6.45, 7) is 7.63. The van der Waals surface area contributed by atoms with Crippen molar-refractivity contribution in [2.24, 2.45) is 0 Å². The Bertz CT molecular complexity index is 893. The van der Waals surface area contributed by atoms with Gasteiger partial charge in [-0.05, 0) is 45.4 Å². The van der Waals surface area contributed by atoms with Crippen LogP contribution in [0.4, 0.5) is 4.79 Å². The maximum atomic E-state index is 12.9. The molecule has 1 fully saturated rings. The second kappa shape index (κ2) is 9.38. The van der Waals surface area contributed by atoms with Crippen molar-refractivity contribution in [2.45, 2.75) is 39.5 Å². The first kappa shape index (κ1) is 22.0. The van der Waals surface area contributed by atoms with E-state index in [4.69, 9.17) is 21.1 Å². The van der Waals surface area contributed by atoms with E-state index in [1.54, 1.807) is 38.9 Å². The number of aromatic nitrogens is 2. The van der Waals surface area contributed by atoms with E-state index in [2.05, 4.69) is 5.10 Å². The average Bonchev–Trinajstić information content (AvgIpc) is 3.01. The predicted octanol–water partition coefficient (Wildman–Crippen LogP) is 3.66. The third kappa shape index (κ3) is 5.89. The lowest BCUT2D eigenvalue weighted by molar-refractivity contribution is 0.0255. The smallest absolute Gasteiger partial charge is 0.410 e. The minimum absolute atomic E-state index is 0.142. The summed E-state index contributed by atoms with van der Waals surface area (Å²) in [4.78, 5) is 28.5. The number of hydrogen-bond donors (Lipinski definition) is 0. The standard InChI is InChI=1S/C21H27ClN4O4/c1-21(2,3)30-20(28)25-11-6-10-24(13-14-25)19(27)17-9-12-26(23-17)15-29-18-8-5-4-7-16(18)22/h4-5,7-9,12H,6,10-11,13-15H2,1-3H3. The van der Waals surface area contributed by atoms with E-state index in [9.17, 15) is 9.59 Å². The Balaban J connectivity index is 1.55. The summed E-state index contributed by atoms with van der Waals surface area (Å²) < 4.78 is 12.6. The molecule has 2 heterocycles. The van der Waals surface area contributed by atoms with Crippen molar-refractivity contribution in [3.8, 4) is 5.75 Å². The maximum Gasteiger partial charge on any atom is 0.410 e. The number of carbonyl (C=O) groups excluding carboxylic acids is 2. The van der Waals surface area contributed by atoms with Gasteiger partial charge < -0.3 is 19.3 Å². The highest BCUT2D eigenvalue weighted by atomic mass is 35.5. The van der Waals surface area contributed by atoms with Gasteiger partial charge >= 0.3 is 6.09 Å². The highest BCUT2D eigenvalue weighted by Crippen LogP contribution is 2.23. The van der Waals surface area contributed by atoms with Crippen molar-refractivity contribution < 1.29 is 19.1 Å². The van der Waals surface area contributed by atoms with Gasteiger partial charge in [0.15, 0.2) is 12.4 Å². The van der Waals surface area contributed by atoms with E-state index >= 15 is 0 Å². The molecule has 0 radical (unpaired) electrons. The summed E-state index contributed by atoms with van der Waals surface area (Å²) in [5.41, 5.74) is -0.207. The molecule has 1 saturated heterocycles. The second-order valence-electron chi connectivity index (χ2n) is 8.06. The minimum atomic E-state index is -0.544. The number of halogens is 1. The third-order valence-corrected chi connectivity index (χ3v) is 4.80. The lowest BCUT2D eigenvalue weighted by Crippen LogP contribution is -2.40. The summed E-state index contributed by atoms with van der Waals surface area (Å²) in [5.74, 6) is 0.384. The molecule has 8 nitrogen and oxygen atoms in total. The maximum absolute atomic E-state index is 12.9. The van der Waals surface area contributed by atoms with Crippen molar-refractivity contribution in [1.82, 2.24) is 19.6 Å². The van der Waals surface area contributed by atoms with Crippen molar-refractivity contribution in [2.75, 3.05) is 26.2 Å². The molecule has 0 unspecified atom stereocenters. The van der Waals surface area contributed by atoms with Gasteiger partial charge in [-0.3, -0.25) is 4.79 Å². The molecule has 0 bridgehead atoms. The number of carbonyl (C=O) groups is 2. The molecule has 0 atom stereocenters. The first-order chi connectivity index (χ1) is 14.2. The molecule has 1 aliphatic rings. The van der Waals surface area contributed by atoms with Gasteiger partial charge in [0.25, 0.3) is 5.91 Å². The molecular weight excluding hydrogens is 408 g/mol. The molecule has 3 rings (SSSR count). The number of hydrogen-bond acceptors (Lipinski definition) is 5. The number of nitrogens with zero attached hydrogens (tertiary/aromatic N) is 4. The fraction of sp³-hybridized carbons (Fsp3) is 0.476. The minimum Gasteiger partial charge on any atom is -0.470 e. The Labute approximate surface area is 181 Å². The lowest BCUT2D eigenvalue weighted by atomic mass is 10.2. The third-order valence-electron chi connectivity index (χ3n) is 4.48. The zero-order chi connectivity index (χ0) is 21.7. The highest BCUT2D eigenvalue weighted by Gasteiger charge is 2.27. The van der Waals surface area contributed by atoms with Gasteiger partial charge in [0.2, 0.25) is 0 Å². The molecule has 9 heteroatoms. The van der Waals surface area contributed by atoms with Gasteiger partial charge in [-0.1, -0.05) is 23.7 Å². The Morgan fingerprint density at radius 3 is 2.50 bits per heavy atom. The molecule has 0 aliphatic carbocycles. The number of rotatable bonds is 4. The van der Waals surface area contributed by atoms with E-state index in [0.717, 1.165) is 0 Å². The lowest BCUT2D eigenvalue weighted by Gasteiger charge is -2.26. The monoisotopic (exact) mass is 434 g/mol. The summed E-state index contributed by atoms with van der Waals surface area (Å²) >= 11 is 6.08. The quantitative estimate of drug-likeness (QED) is 0.734. The summed E-state index contributed by atoms with van der Waals surface area (Å²) in [6.07, 6.45) is 2.02. The summed E-state index contributed by atoms with van der Waals surface area (Å²) in [7, 11) is 0. The molecule has 0 spiro atoms. The van der Waals surface area contributed by atoms with Crippen molar-refractivity contribution in [3.63, 3.8) is 0 Å². The largest absolute Gasteiger partial charge is 0.470 e. The van der Waals surface area contributed by atoms with Crippen molar-refractivity contribution in [1.29, 1.82) is 0 Å². The number of para-hydroxylation sites is 1. The van der Waals surface area contributed by atoms with Gasteiger partial charge in [-0.15, -0.1) is 0 Å². The first-order valence-electron chi connectivity index (χ1n) is 9.91. The first-order valence-corrected chi connectivity index (χ1v) is 10.3. The number of ether oxygens (including phenoxy) is 2. The fourth-order valence-electron chi connectivity index (χ4n) is 3.04. The van der Waals surface area contributed by atoms with E-state index in [0.29, 0.717) is 49.1 Å². The van der Waals surface area contributed by atoms with Crippen LogP contribution in [0.2, 0.25) is 5.02 Å². The van der Waals surface area contributed by atoms with Crippen LogP contribution in [0.25, 0.3) is 0 Å². The van der Waals surface area contributed by atoms with E-state index in [1.165, 1.54) is 0 Å². The van der Waals surface area contributed by atoms with Gasteiger partial charge in [0, 0.05) is 32.4 Å². The van der Waals surface area contributed by atoms with Gasteiger partial charge in [0.1, 0.15) is 11.4 Å². The van der Waals surface area contributed by atoms with Crippen LogP contribution in [0.3, 0.4) is 0 Å². The van der Waals surface area contributed by atoms with Crippen LogP contribution in [0.1, 0.15) is 37.7 Å². The Morgan fingerprint density at radius 1 is 1.07 bits per heavy atom. The number of amides is 2. The summed E-state index contributed by atoms with van der Waals surface area (Å²) in [6, 6.07) is 8.83. The van der Waals surface area contributed by atoms with Crippen LogP contribution in [-0.2, 0) is 11.5 Å². The van der Waals surface area contributed by atoms with Crippen LogP contribution in [0.15, 0.2) is 36.5 Å². The van der Waals surface area contributed by atoms with Gasteiger partial charge in [-0.25, -0.2) is 9.48 Å². The van der Waals surface area contributed by atoms with Gasteiger partial charge in [0.05, 0.1) is 5.02 Å². The molecule has 0 N–H and O–H groups in total. The molecule has 1 aromatic carbocycles. The molecule has 1 aliphatic heterocycles. The molecule has 0 saturated carbocycles. The summed E-state index contributed by atoms with van der Waals surface area (Å²) in [5, 5.41) is 4.83. The molecule has 2 amide bonds. The van der Waals surface area contributed by atoms with E-state index in [1.807, 2.05) is 32.9 Å². The van der Waals surface area contributed by atoms with Crippen molar-refractivity contribution >= 4 is 23.6 Å². The predicted molar refractivity (Wildman–Crippen MR) is 113 cm³/mol. The molecule has 1 aromatic heterocycles. The molecule has 162 valence electrons. The second-order valence-corrected chi connectivity index (χ2v) is 8.46. The zero-order valence-electron chi connectivity index (χ0n) is 17.5. The van der Waals surface area contributed by atoms with Crippen molar-refractivity contribution in [3.05, 3.63) is 47.2 Å². The van der Waals surface area contributed by atoms with Crippen LogP contribution in [0.5, 0.6) is 5.75 Å². The highest BCUT2D eigenvalue weighted by molar-refractivity contribution is 6.32. The van der Waals surface area contributed by atoms with Crippen LogP contribution in [-0.4, -0.2) is 63.4 Å². The Hall–Kier alpha value is -2.74. The Morgan fingerprint density at radius 2 is 1.77 bits per heavy atom. The van der Waals surface area contributed by atoms with Crippen LogP contribution in [0, 0.1) is 0 Å². The molecule has 2 aromatic rings. The Kier molecular flexibility index (Phi) is 6.87. The van der Waals surface area contributed by atoms with Crippen LogP contribution >= 0.6 is 11.6 Å².